The molecular weight excluding hydrogens is 264 g/mol. The monoisotopic (exact) mass is 271 g/mol. The zero-order chi connectivity index (χ0) is 10.5. The van der Waals surface area contributed by atoms with Crippen molar-refractivity contribution < 1.29 is 20.1 Å². The number of carbonyl (C=O) groups is 1. The summed E-state index contributed by atoms with van der Waals surface area (Å²) in [6.45, 7) is 0. The predicted molar refractivity (Wildman–Crippen MR) is 47.2 cm³/mol. The lowest BCUT2D eigenvalue weighted by Gasteiger charge is -2.91. The van der Waals surface area contributed by atoms with Gasteiger partial charge in [-0.15, -0.1) is 0 Å². The second-order valence-corrected chi connectivity index (χ2v) is 7.18. The smallest absolute Gasteiger partial charge is 0.182 e. The van der Waals surface area contributed by atoms with Crippen LogP contribution in [0.4, 0.5) is 0 Å². The van der Waals surface area contributed by atoms with Crippen molar-refractivity contribution in [1.29, 1.82) is 0 Å². The highest BCUT2D eigenvalue weighted by Crippen LogP contribution is 3.03. The molecule has 15 heavy (non-hydrogen) atoms. The summed E-state index contributed by atoms with van der Waals surface area (Å²) in [5.41, 5.74) is -0.662. The van der Waals surface area contributed by atoms with Crippen molar-refractivity contribution in [3.05, 3.63) is 0 Å². The molecule has 0 aliphatic heterocycles. The van der Waals surface area contributed by atoms with Crippen LogP contribution in [0.25, 0.3) is 0 Å². The largest absolute Gasteiger partial charge is 0.550 e. The molecular formula is C10H8BrO4-. The molecule has 4 nitrogen and oxygen atoms in total. The van der Waals surface area contributed by atoms with Gasteiger partial charge in [0.05, 0.1) is 4.32 Å². The molecule has 0 aromatic rings. The predicted octanol–water partition coefficient (Wildman–Crippen LogP) is -1.70. The van der Waals surface area contributed by atoms with Crippen molar-refractivity contribution in [2.45, 2.75) is 10.1 Å². The first-order valence-corrected chi connectivity index (χ1v) is 6.07. The van der Waals surface area contributed by atoms with Crippen LogP contribution in [0.3, 0.4) is 0 Å². The third-order valence-corrected chi connectivity index (χ3v) is 7.97. The number of hydrogen-bond donors (Lipinski definition) is 2. The van der Waals surface area contributed by atoms with E-state index in [4.69, 9.17) is 0 Å². The highest BCUT2D eigenvalue weighted by molar-refractivity contribution is 9.10. The molecule has 0 saturated heterocycles. The Morgan fingerprint density at radius 3 is 1.93 bits per heavy atom. The van der Waals surface area contributed by atoms with Crippen LogP contribution in [0.1, 0.15) is 0 Å². The number of alkyl halides is 1. The molecule has 6 saturated carbocycles. The molecule has 0 heterocycles. The van der Waals surface area contributed by atoms with E-state index in [1.165, 1.54) is 0 Å². The summed E-state index contributed by atoms with van der Waals surface area (Å²) in [6.07, 6.45) is 0. The Balaban J connectivity index is 1.76. The zero-order valence-electron chi connectivity index (χ0n) is 7.55. The number of hydrogen-bond acceptors (Lipinski definition) is 4. The second kappa shape index (κ2) is 1.52. The van der Waals surface area contributed by atoms with E-state index in [0.717, 1.165) is 0 Å². The fourth-order valence-corrected chi connectivity index (χ4v) is 7.64. The topological polar surface area (TPSA) is 80.6 Å². The first kappa shape index (κ1) is 8.03. The Hall–Kier alpha value is -0.130. The molecule has 4 atom stereocenters. The highest BCUT2D eigenvalue weighted by Gasteiger charge is 3.08. The highest BCUT2D eigenvalue weighted by atomic mass is 79.9. The minimum atomic E-state index is -1.69. The van der Waals surface area contributed by atoms with Gasteiger partial charge in [-0.1, -0.05) is 15.9 Å². The van der Waals surface area contributed by atoms with Crippen molar-refractivity contribution in [2.75, 3.05) is 0 Å². The summed E-state index contributed by atoms with van der Waals surface area (Å²) in [5, 5.41) is 31.3. The van der Waals surface area contributed by atoms with Gasteiger partial charge in [0, 0.05) is 17.3 Å². The second-order valence-electron chi connectivity index (χ2n) is 5.87. The molecule has 2 bridgehead atoms. The lowest BCUT2D eigenvalue weighted by molar-refractivity contribution is -0.456. The van der Waals surface area contributed by atoms with Crippen LogP contribution in [0.2, 0.25) is 0 Å². The molecule has 6 aliphatic rings. The molecule has 2 N–H and O–H groups in total. The minimum Gasteiger partial charge on any atom is -0.550 e. The summed E-state index contributed by atoms with van der Waals surface area (Å²) in [7, 11) is 0. The van der Waals surface area contributed by atoms with Crippen molar-refractivity contribution in [3.8, 4) is 0 Å². The molecule has 5 heteroatoms. The fraction of sp³-hybridized carbons (Fsp3) is 0.900. The summed E-state index contributed by atoms with van der Waals surface area (Å²) >= 11 is 3.47. The molecule has 0 spiro atoms. The van der Waals surface area contributed by atoms with E-state index in [1.807, 2.05) is 0 Å². The average Bonchev–Trinajstić information content (AvgIpc) is 2.25. The third-order valence-electron chi connectivity index (χ3n) is 6.33. The first-order chi connectivity index (χ1) is 6.93. The summed E-state index contributed by atoms with van der Waals surface area (Å²) in [4.78, 5) is 11.2. The summed E-state index contributed by atoms with van der Waals surface area (Å²) in [6, 6.07) is 0. The van der Waals surface area contributed by atoms with E-state index >= 15 is 0 Å². The normalized spacial score (nSPS) is 77.3. The van der Waals surface area contributed by atoms with Gasteiger partial charge < -0.3 is 20.1 Å². The minimum absolute atomic E-state index is 0.0446. The van der Waals surface area contributed by atoms with Crippen LogP contribution in [0, 0.1) is 40.9 Å². The van der Waals surface area contributed by atoms with Gasteiger partial charge in [0.1, 0.15) is 0 Å². The molecule has 6 rings (SSSR count). The van der Waals surface area contributed by atoms with Gasteiger partial charge in [0.25, 0.3) is 0 Å². The number of aliphatic carboxylic acids is 1. The van der Waals surface area contributed by atoms with Crippen molar-refractivity contribution in [1.82, 2.24) is 0 Å². The molecule has 0 amide bonds. The first-order valence-electron chi connectivity index (χ1n) is 5.28. The van der Waals surface area contributed by atoms with Crippen LogP contribution < -0.4 is 5.11 Å². The number of carbonyl (C=O) groups excluding carboxylic acids is 1. The number of carboxylic acids is 1. The lowest BCUT2D eigenvalue weighted by atomic mass is 9.13. The fourth-order valence-electron chi connectivity index (χ4n) is 6.24. The quantitative estimate of drug-likeness (QED) is 0.440. The van der Waals surface area contributed by atoms with Crippen molar-refractivity contribution >= 4 is 21.9 Å². The molecule has 6 fully saturated rings. The maximum Gasteiger partial charge on any atom is 0.182 e. The van der Waals surface area contributed by atoms with Crippen molar-refractivity contribution in [3.63, 3.8) is 0 Å². The number of rotatable bonds is 1. The molecule has 4 unspecified atom stereocenters. The summed E-state index contributed by atoms with van der Waals surface area (Å²) < 4.78 is -0.595. The van der Waals surface area contributed by atoms with Gasteiger partial charge in [-0.2, -0.15) is 0 Å². The van der Waals surface area contributed by atoms with Gasteiger partial charge in [-0.3, -0.25) is 0 Å². The number of halogens is 1. The third kappa shape index (κ3) is 0.349. The number of carboxylic acid groups (broad SMARTS) is 1. The SMILES string of the molecule is O=C([O-])C12C3C4C1C1C2C3C1(Br)C4(O)O. The molecule has 0 radical (unpaired) electrons. The van der Waals surface area contributed by atoms with E-state index in [9.17, 15) is 20.1 Å². The lowest BCUT2D eigenvalue weighted by Crippen LogP contribution is -2.95. The van der Waals surface area contributed by atoms with E-state index in [1.54, 1.807) is 0 Å². The Bertz CT molecular complexity index is 438. The number of aliphatic hydroxyl groups is 2. The molecule has 80 valence electrons. The summed E-state index contributed by atoms with van der Waals surface area (Å²) in [5.74, 6) is -2.49. The van der Waals surface area contributed by atoms with Gasteiger partial charge in [0.15, 0.2) is 5.79 Å². The Morgan fingerprint density at radius 2 is 1.53 bits per heavy atom. The van der Waals surface area contributed by atoms with Gasteiger partial charge >= 0.3 is 0 Å². The van der Waals surface area contributed by atoms with Crippen molar-refractivity contribution in [2.24, 2.45) is 40.9 Å². The van der Waals surface area contributed by atoms with E-state index < -0.39 is 21.5 Å². The van der Waals surface area contributed by atoms with Crippen LogP contribution in [-0.4, -0.2) is 26.3 Å². The Morgan fingerprint density at radius 1 is 1.07 bits per heavy atom. The van der Waals surface area contributed by atoms with Crippen LogP contribution in [0.15, 0.2) is 0 Å². The molecule has 0 aromatic carbocycles. The zero-order valence-corrected chi connectivity index (χ0v) is 9.14. The van der Waals surface area contributed by atoms with Gasteiger partial charge in [-0.05, 0) is 29.6 Å². The van der Waals surface area contributed by atoms with Crippen LogP contribution in [-0.2, 0) is 4.79 Å². The maximum absolute atomic E-state index is 11.2. The Labute approximate surface area is 93.4 Å². The Kier molecular flexibility index (Phi) is 0.814. The van der Waals surface area contributed by atoms with E-state index in [2.05, 4.69) is 15.9 Å². The van der Waals surface area contributed by atoms with E-state index in [-0.39, 0.29) is 35.5 Å². The van der Waals surface area contributed by atoms with Gasteiger partial charge in [-0.25, -0.2) is 0 Å². The average molecular weight is 272 g/mol. The van der Waals surface area contributed by atoms with Gasteiger partial charge in [0.2, 0.25) is 0 Å². The maximum atomic E-state index is 11.2. The van der Waals surface area contributed by atoms with E-state index in [0.29, 0.717) is 0 Å². The van der Waals surface area contributed by atoms with Crippen LogP contribution >= 0.6 is 15.9 Å². The molecule has 0 aromatic heterocycles. The molecule has 6 aliphatic carbocycles. The standard InChI is InChI=1S/C10H9BrO4/c11-9-4-1-5(9)3-6(10(9,14)15)2(4)8(1,3)7(12)13/h1-6,14-15H,(H,12,13)/p-1. The van der Waals surface area contributed by atoms with Crippen LogP contribution in [0.5, 0.6) is 0 Å².